The van der Waals surface area contributed by atoms with Crippen molar-refractivity contribution in [2.75, 3.05) is 24.5 Å². The Balaban J connectivity index is 1.79. The standard InChI is InChI=1S/C18H19FN4O2/c19-14-1-2-16(15(7-14)13-8-20-11-21-9-13)23(18(24)25)17-10-22-5-3-12(17)4-6-22/h1-2,7-9,11-12,17H,3-6,10H2,(H,24,25)/t17-/m0/s1. The number of carbonyl (C=O) groups is 1. The molecule has 0 aliphatic carbocycles. The molecule has 6 nitrogen and oxygen atoms in total. The quantitative estimate of drug-likeness (QED) is 0.929. The lowest BCUT2D eigenvalue weighted by molar-refractivity contribution is 0.0837. The SMILES string of the molecule is O=C(O)N(c1ccc(F)cc1-c1cncnc1)[C@H]1CN2CCC1CC2. The van der Waals surface area contributed by atoms with Gasteiger partial charge >= 0.3 is 6.09 Å². The smallest absolute Gasteiger partial charge is 0.412 e. The molecule has 0 unspecified atom stereocenters. The van der Waals surface area contributed by atoms with Crippen LogP contribution in [0.1, 0.15) is 12.8 Å². The fraction of sp³-hybridized carbons (Fsp3) is 0.389. The predicted octanol–water partition coefficient (Wildman–Crippen LogP) is 2.86. The maximum absolute atomic E-state index is 13.9. The third-order valence-electron chi connectivity index (χ3n) is 5.25. The topological polar surface area (TPSA) is 69.6 Å². The molecule has 1 amide bonds. The summed E-state index contributed by atoms with van der Waals surface area (Å²) >= 11 is 0. The molecule has 0 spiro atoms. The van der Waals surface area contributed by atoms with E-state index in [0.29, 0.717) is 22.7 Å². The van der Waals surface area contributed by atoms with Gasteiger partial charge in [0.25, 0.3) is 0 Å². The summed E-state index contributed by atoms with van der Waals surface area (Å²) in [5.41, 5.74) is 1.59. The highest BCUT2D eigenvalue weighted by Crippen LogP contribution is 2.38. The number of piperidine rings is 3. The van der Waals surface area contributed by atoms with E-state index in [4.69, 9.17) is 0 Å². The summed E-state index contributed by atoms with van der Waals surface area (Å²) in [7, 11) is 0. The summed E-state index contributed by atoms with van der Waals surface area (Å²) in [4.78, 5) is 23.8. The van der Waals surface area contributed by atoms with Crippen LogP contribution in [-0.4, -0.2) is 51.7 Å². The zero-order chi connectivity index (χ0) is 17.4. The number of halogens is 1. The Morgan fingerprint density at radius 1 is 1.24 bits per heavy atom. The van der Waals surface area contributed by atoms with E-state index in [-0.39, 0.29) is 6.04 Å². The molecule has 1 N–H and O–H groups in total. The highest BCUT2D eigenvalue weighted by molar-refractivity contribution is 5.93. The first-order valence-electron chi connectivity index (χ1n) is 8.43. The normalized spacial score (nSPS) is 24.9. The second-order valence-corrected chi connectivity index (χ2v) is 6.65. The van der Waals surface area contributed by atoms with Crippen LogP contribution in [0.5, 0.6) is 0 Å². The summed E-state index contributed by atoms with van der Waals surface area (Å²) in [6, 6.07) is 4.09. The van der Waals surface area contributed by atoms with Gasteiger partial charge in [0.1, 0.15) is 12.1 Å². The van der Waals surface area contributed by atoms with E-state index in [0.717, 1.165) is 32.5 Å². The lowest BCUT2D eigenvalue weighted by Gasteiger charge is -2.48. The Labute approximate surface area is 144 Å². The molecule has 3 fully saturated rings. The van der Waals surface area contributed by atoms with Gasteiger partial charge in [-0.05, 0) is 50.0 Å². The van der Waals surface area contributed by atoms with E-state index in [1.807, 2.05) is 0 Å². The van der Waals surface area contributed by atoms with Gasteiger partial charge in [0.15, 0.2) is 0 Å². The molecule has 2 bridgehead atoms. The van der Waals surface area contributed by atoms with Crippen molar-refractivity contribution in [2.45, 2.75) is 18.9 Å². The second-order valence-electron chi connectivity index (χ2n) is 6.65. The number of anilines is 1. The van der Waals surface area contributed by atoms with Crippen LogP contribution in [0.4, 0.5) is 14.9 Å². The number of amides is 1. The van der Waals surface area contributed by atoms with Gasteiger partial charge in [0.05, 0.1) is 11.7 Å². The molecular formula is C18H19FN4O2. The van der Waals surface area contributed by atoms with Gasteiger partial charge < -0.3 is 10.0 Å². The lowest BCUT2D eigenvalue weighted by atomic mass is 9.82. The van der Waals surface area contributed by atoms with Gasteiger partial charge in [0.2, 0.25) is 0 Å². The van der Waals surface area contributed by atoms with Crippen molar-refractivity contribution in [1.82, 2.24) is 14.9 Å². The minimum absolute atomic E-state index is 0.117. The largest absolute Gasteiger partial charge is 0.465 e. The summed E-state index contributed by atoms with van der Waals surface area (Å²) in [6.07, 6.45) is 5.52. The van der Waals surface area contributed by atoms with E-state index >= 15 is 0 Å². The highest BCUT2D eigenvalue weighted by Gasteiger charge is 2.40. The van der Waals surface area contributed by atoms with E-state index in [2.05, 4.69) is 14.9 Å². The van der Waals surface area contributed by atoms with E-state index < -0.39 is 11.9 Å². The van der Waals surface area contributed by atoms with E-state index in [1.54, 1.807) is 18.5 Å². The molecule has 4 heterocycles. The van der Waals surface area contributed by atoms with Crippen LogP contribution < -0.4 is 4.90 Å². The fourth-order valence-electron chi connectivity index (χ4n) is 4.04. The Morgan fingerprint density at radius 3 is 2.56 bits per heavy atom. The zero-order valence-corrected chi connectivity index (χ0v) is 13.7. The Morgan fingerprint density at radius 2 is 1.96 bits per heavy atom. The number of rotatable bonds is 3. The van der Waals surface area contributed by atoms with Crippen LogP contribution in [0.25, 0.3) is 11.1 Å². The van der Waals surface area contributed by atoms with E-state index in [9.17, 15) is 14.3 Å². The zero-order valence-electron chi connectivity index (χ0n) is 13.7. The number of fused-ring (bicyclic) bond motifs is 3. The molecule has 25 heavy (non-hydrogen) atoms. The Kier molecular flexibility index (Phi) is 4.09. The monoisotopic (exact) mass is 342 g/mol. The van der Waals surface area contributed by atoms with Crippen molar-refractivity contribution >= 4 is 11.8 Å². The van der Waals surface area contributed by atoms with Crippen molar-refractivity contribution in [3.8, 4) is 11.1 Å². The van der Waals surface area contributed by atoms with Crippen LogP contribution in [0, 0.1) is 11.7 Å². The molecule has 3 aliphatic heterocycles. The van der Waals surface area contributed by atoms with Crippen LogP contribution in [0.15, 0.2) is 36.9 Å². The fourth-order valence-corrected chi connectivity index (χ4v) is 4.04. The molecule has 130 valence electrons. The second kappa shape index (κ2) is 6.40. The number of hydrogen-bond acceptors (Lipinski definition) is 4. The number of hydrogen-bond donors (Lipinski definition) is 1. The molecule has 5 rings (SSSR count). The maximum Gasteiger partial charge on any atom is 0.412 e. The molecule has 3 aliphatic rings. The lowest BCUT2D eigenvalue weighted by Crippen LogP contribution is -2.58. The van der Waals surface area contributed by atoms with Crippen molar-refractivity contribution in [3.63, 3.8) is 0 Å². The first-order chi connectivity index (χ1) is 12.1. The van der Waals surface area contributed by atoms with Crippen LogP contribution in [0.3, 0.4) is 0 Å². The number of benzene rings is 1. The first kappa shape index (κ1) is 16.0. The van der Waals surface area contributed by atoms with Gasteiger partial charge in [0, 0.05) is 30.1 Å². The average molecular weight is 342 g/mol. The minimum Gasteiger partial charge on any atom is -0.465 e. The van der Waals surface area contributed by atoms with Crippen molar-refractivity contribution in [1.29, 1.82) is 0 Å². The maximum atomic E-state index is 13.9. The molecule has 0 saturated carbocycles. The van der Waals surface area contributed by atoms with Gasteiger partial charge in [-0.2, -0.15) is 0 Å². The number of nitrogens with zero attached hydrogens (tertiary/aromatic N) is 4. The molecule has 1 aromatic carbocycles. The van der Waals surface area contributed by atoms with Crippen LogP contribution in [0.2, 0.25) is 0 Å². The van der Waals surface area contributed by atoms with Gasteiger partial charge in [-0.15, -0.1) is 0 Å². The first-order valence-corrected chi connectivity index (χ1v) is 8.43. The summed E-state index contributed by atoms with van der Waals surface area (Å²) in [6.45, 7) is 2.77. The van der Waals surface area contributed by atoms with Crippen molar-refractivity contribution in [3.05, 3.63) is 42.7 Å². The molecule has 7 heteroatoms. The van der Waals surface area contributed by atoms with Crippen molar-refractivity contribution < 1.29 is 14.3 Å². The van der Waals surface area contributed by atoms with Crippen LogP contribution >= 0.6 is 0 Å². The molecule has 2 aromatic rings. The molecular weight excluding hydrogens is 323 g/mol. The summed E-state index contributed by atoms with van der Waals surface area (Å²) in [5, 5.41) is 9.93. The highest BCUT2D eigenvalue weighted by atomic mass is 19.1. The van der Waals surface area contributed by atoms with E-state index in [1.165, 1.54) is 23.4 Å². The molecule has 0 radical (unpaired) electrons. The molecule has 1 aromatic heterocycles. The minimum atomic E-state index is -1.01. The summed E-state index contributed by atoms with van der Waals surface area (Å²) < 4.78 is 13.9. The summed E-state index contributed by atoms with van der Waals surface area (Å²) in [5.74, 6) is -0.0760. The van der Waals surface area contributed by atoms with Crippen LogP contribution in [-0.2, 0) is 0 Å². The number of carboxylic acid groups (broad SMARTS) is 1. The Bertz CT molecular complexity index is 778. The van der Waals surface area contributed by atoms with Gasteiger partial charge in [-0.25, -0.2) is 19.2 Å². The third-order valence-corrected chi connectivity index (χ3v) is 5.25. The van der Waals surface area contributed by atoms with Gasteiger partial charge in [-0.3, -0.25) is 4.90 Å². The van der Waals surface area contributed by atoms with Gasteiger partial charge in [-0.1, -0.05) is 0 Å². The molecule has 3 saturated heterocycles. The Hall–Kier alpha value is -2.54. The molecule has 1 atom stereocenters. The third kappa shape index (κ3) is 2.95. The predicted molar refractivity (Wildman–Crippen MR) is 90.9 cm³/mol. The average Bonchev–Trinajstić information content (AvgIpc) is 2.64. The number of aromatic nitrogens is 2. The van der Waals surface area contributed by atoms with Crippen molar-refractivity contribution in [2.24, 2.45) is 5.92 Å².